The minimum atomic E-state index is 0.0929. The van der Waals surface area contributed by atoms with Gasteiger partial charge in [-0.2, -0.15) is 0 Å². The van der Waals surface area contributed by atoms with Crippen LogP contribution in [0.1, 0.15) is 18.5 Å². The van der Waals surface area contributed by atoms with Gasteiger partial charge in [0.15, 0.2) is 0 Å². The van der Waals surface area contributed by atoms with E-state index in [1.807, 2.05) is 6.92 Å². The molecule has 2 N–H and O–H groups in total. The molecule has 0 saturated carbocycles. The monoisotopic (exact) mass is 245 g/mol. The lowest BCUT2D eigenvalue weighted by molar-refractivity contribution is 0.811. The van der Waals surface area contributed by atoms with Gasteiger partial charge >= 0.3 is 0 Å². The zero-order chi connectivity index (χ0) is 9.14. The van der Waals surface area contributed by atoms with E-state index in [0.717, 1.165) is 10.0 Å². The molecule has 1 nitrogen and oxygen atoms in total. The largest absolute Gasteiger partial charge is 0.324 e. The van der Waals surface area contributed by atoms with Crippen molar-refractivity contribution >= 4 is 27.7 Å². The quantitative estimate of drug-likeness (QED) is 0.811. The van der Waals surface area contributed by atoms with E-state index in [2.05, 4.69) is 40.4 Å². The lowest BCUT2D eigenvalue weighted by Gasteiger charge is -2.08. The molecule has 0 aromatic heterocycles. The summed E-state index contributed by atoms with van der Waals surface area (Å²) in [6, 6.07) is 6.35. The van der Waals surface area contributed by atoms with Crippen molar-refractivity contribution in [3.63, 3.8) is 0 Å². The van der Waals surface area contributed by atoms with E-state index in [0.29, 0.717) is 0 Å². The molecule has 0 spiro atoms. The van der Waals surface area contributed by atoms with Crippen LogP contribution in [0.5, 0.6) is 0 Å². The SMILES string of the molecule is CSc1ccc(C(C)N)c(Br)c1. The third-order valence-corrected chi connectivity index (χ3v) is 3.11. The Morgan fingerprint density at radius 1 is 1.50 bits per heavy atom. The topological polar surface area (TPSA) is 26.0 Å². The van der Waals surface area contributed by atoms with E-state index in [9.17, 15) is 0 Å². The van der Waals surface area contributed by atoms with Gasteiger partial charge in [0.1, 0.15) is 0 Å². The van der Waals surface area contributed by atoms with Gasteiger partial charge < -0.3 is 5.73 Å². The number of hydrogen-bond donors (Lipinski definition) is 1. The molecule has 0 bridgehead atoms. The van der Waals surface area contributed by atoms with Crippen LogP contribution in [0.4, 0.5) is 0 Å². The van der Waals surface area contributed by atoms with E-state index in [1.165, 1.54) is 4.90 Å². The number of rotatable bonds is 2. The van der Waals surface area contributed by atoms with Gasteiger partial charge in [0, 0.05) is 15.4 Å². The maximum atomic E-state index is 5.77. The highest BCUT2D eigenvalue weighted by Gasteiger charge is 2.04. The molecule has 1 aromatic rings. The van der Waals surface area contributed by atoms with E-state index >= 15 is 0 Å². The van der Waals surface area contributed by atoms with Crippen molar-refractivity contribution in [3.05, 3.63) is 28.2 Å². The molecular weight excluding hydrogens is 234 g/mol. The predicted octanol–water partition coefficient (Wildman–Crippen LogP) is 3.19. The summed E-state index contributed by atoms with van der Waals surface area (Å²) in [6.45, 7) is 1.98. The Labute approximate surface area is 85.9 Å². The summed E-state index contributed by atoms with van der Waals surface area (Å²) in [7, 11) is 0. The fraction of sp³-hybridized carbons (Fsp3) is 0.333. The van der Waals surface area contributed by atoms with Crippen LogP contribution in [0.25, 0.3) is 0 Å². The average molecular weight is 246 g/mol. The minimum Gasteiger partial charge on any atom is -0.324 e. The van der Waals surface area contributed by atoms with Gasteiger partial charge in [0.2, 0.25) is 0 Å². The summed E-state index contributed by atoms with van der Waals surface area (Å²) >= 11 is 5.23. The van der Waals surface area contributed by atoms with Crippen LogP contribution < -0.4 is 5.73 Å². The first-order valence-electron chi connectivity index (χ1n) is 3.74. The normalized spacial score (nSPS) is 13.0. The highest BCUT2D eigenvalue weighted by Crippen LogP contribution is 2.26. The lowest BCUT2D eigenvalue weighted by atomic mass is 10.1. The molecule has 0 aliphatic carbocycles. The third kappa shape index (κ3) is 2.25. The predicted molar refractivity (Wildman–Crippen MR) is 58.5 cm³/mol. The van der Waals surface area contributed by atoms with Crippen LogP contribution in [0, 0.1) is 0 Å². The molecular formula is C9H12BrNS. The van der Waals surface area contributed by atoms with Gasteiger partial charge in [0.05, 0.1) is 0 Å². The molecule has 0 saturated heterocycles. The Bertz CT molecular complexity index is 273. The zero-order valence-electron chi connectivity index (χ0n) is 7.17. The molecule has 1 aromatic carbocycles. The first-order valence-corrected chi connectivity index (χ1v) is 5.76. The average Bonchev–Trinajstić information content (AvgIpc) is 2.03. The van der Waals surface area contributed by atoms with Crippen molar-refractivity contribution in [2.45, 2.75) is 17.9 Å². The van der Waals surface area contributed by atoms with Crippen LogP contribution in [0.3, 0.4) is 0 Å². The third-order valence-electron chi connectivity index (χ3n) is 1.70. The standard InChI is InChI=1S/C9H12BrNS/c1-6(11)8-4-3-7(12-2)5-9(8)10/h3-6H,11H2,1-2H3. The number of thioether (sulfide) groups is 1. The molecule has 0 heterocycles. The zero-order valence-corrected chi connectivity index (χ0v) is 9.58. The molecule has 0 fully saturated rings. The molecule has 0 aliphatic rings. The summed E-state index contributed by atoms with van der Waals surface area (Å²) in [5, 5.41) is 0. The molecule has 3 heteroatoms. The van der Waals surface area contributed by atoms with Gasteiger partial charge in [-0.1, -0.05) is 22.0 Å². The van der Waals surface area contributed by atoms with Crippen molar-refractivity contribution in [2.24, 2.45) is 5.73 Å². The maximum Gasteiger partial charge on any atom is 0.0277 e. The van der Waals surface area contributed by atoms with E-state index in [-0.39, 0.29) is 6.04 Å². The first kappa shape index (κ1) is 10.1. The van der Waals surface area contributed by atoms with E-state index < -0.39 is 0 Å². The second-order valence-corrected chi connectivity index (χ2v) is 4.41. The van der Waals surface area contributed by atoms with Crippen molar-refractivity contribution in [2.75, 3.05) is 6.26 Å². The van der Waals surface area contributed by atoms with E-state index in [1.54, 1.807) is 11.8 Å². The van der Waals surface area contributed by atoms with Gasteiger partial charge in [-0.25, -0.2) is 0 Å². The Morgan fingerprint density at radius 2 is 2.17 bits per heavy atom. The number of halogens is 1. The second kappa shape index (κ2) is 4.30. The minimum absolute atomic E-state index is 0.0929. The maximum absolute atomic E-state index is 5.77. The summed E-state index contributed by atoms with van der Waals surface area (Å²) in [6.07, 6.45) is 2.06. The van der Waals surface area contributed by atoms with Gasteiger partial charge in [-0.3, -0.25) is 0 Å². The van der Waals surface area contributed by atoms with E-state index in [4.69, 9.17) is 5.73 Å². The van der Waals surface area contributed by atoms with Crippen molar-refractivity contribution in [1.29, 1.82) is 0 Å². The number of benzene rings is 1. The molecule has 0 aliphatic heterocycles. The summed E-state index contributed by atoms with van der Waals surface area (Å²) in [4.78, 5) is 1.26. The molecule has 0 radical (unpaired) electrons. The Kier molecular flexibility index (Phi) is 3.62. The Morgan fingerprint density at radius 3 is 2.58 bits per heavy atom. The van der Waals surface area contributed by atoms with Crippen LogP contribution in [0.15, 0.2) is 27.6 Å². The number of nitrogens with two attached hydrogens (primary N) is 1. The van der Waals surface area contributed by atoms with Crippen molar-refractivity contribution in [3.8, 4) is 0 Å². The highest BCUT2D eigenvalue weighted by molar-refractivity contribution is 9.10. The Balaban J connectivity index is 3.03. The highest BCUT2D eigenvalue weighted by atomic mass is 79.9. The van der Waals surface area contributed by atoms with Crippen molar-refractivity contribution < 1.29 is 0 Å². The Hall–Kier alpha value is 0.01000. The molecule has 1 rings (SSSR count). The summed E-state index contributed by atoms with van der Waals surface area (Å²) < 4.78 is 1.10. The number of hydrogen-bond acceptors (Lipinski definition) is 2. The van der Waals surface area contributed by atoms with Crippen LogP contribution in [-0.2, 0) is 0 Å². The van der Waals surface area contributed by atoms with Crippen LogP contribution >= 0.6 is 27.7 Å². The fourth-order valence-electron chi connectivity index (χ4n) is 1.00. The first-order chi connectivity index (χ1) is 5.65. The molecule has 1 atom stereocenters. The van der Waals surface area contributed by atoms with Gasteiger partial charge in [-0.05, 0) is 30.9 Å². The molecule has 1 unspecified atom stereocenters. The fourth-order valence-corrected chi connectivity index (χ4v) is 2.34. The molecule has 66 valence electrons. The van der Waals surface area contributed by atoms with Gasteiger partial charge in [0.25, 0.3) is 0 Å². The van der Waals surface area contributed by atoms with Crippen LogP contribution in [0.2, 0.25) is 0 Å². The van der Waals surface area contributed by atoms with Crippen LogP contribution in [-0.4, -0.2) is 6.26 Å². The molecule has 0 amide bonds. The lowest BCUT2D eigenvalue weighted by Crippen LogP contribution is -2.05. The second-order valence-electron chi connectivity index (χ2n) is 2.68. The summed E-state index contributed by atoms with van der Waals surface area (Å²) in [5.41, 5.74) is 6.93. The smallest absolute Gasteiger partial charge is 0.0277 e. The van der Waals surface area contributed by atoms with Crippen molar-refractivity contribution in [1.82, 2.24) is 0 Å². The molecule has 12 heavy (non-hydrogen) atoms. The van der Waals surface area contributed by atoms with Gasteiger partial charge in [-0.15, -0.1) is 11.8 Å². The summed E-state index contributed by atoms with van der Waals surface area (Å²) in [5.74, 6) is 0.